The fraction of sp³-hybridized carbons (Fsp3) is 0.714. The molecule has 0 bridgehead atoms. The van der Waals surface area contributed by atoms with Crippen molar-refractivity contribution < 1.29 is 4.79 Å². The largest absolute Gasteiger partial charge is 0.330 e. The summed E-state index contributed by atoms with van der Waals surface area (Å²) in [5, 5.41) is 4.31. The summed E-state index contributed by atoms with van der Waals surface area (Å²) >= 11 is 3.50. The van der Waals surface area contributed by atoms with Crippen molar-refractivity contribution in [3.63, 3.8) is 0 Å². The van der Waals surface area contributed by atoms with E-state index in [1.54, 1.807) is 4.68 Å². The Hall–Kier alpha value is -0.680. The van der Waals surface area contributed by atoms with E-state index in [1.807, 2.05) is 14.0 Å². The maximum Gasteiger partial charge on any atom is 0.138 e. The van der Waals surface area contributed by atoms with Gasteiger partial charge in [-0.2, -0.15) is 5.10 Å². The van der Waals surface area contributed by atoms with Crippen molar-refractivity contribution >= 4 is 21.7 Å². The van der Waals surface area contributed by atoms with E-state index in [1.165, 1.54) is 0 Å². The molecule has 1 atom stereocenters. The molecule has 0 aliphatic rings. The Bertz CT molecular complexity index is 429. The zero-order chi connectivity index (χ0) is 14.4. The van der Waals surface area contributed by atoms with Gasteiger partial charge in [0.2, 0.25) is 0 Å². The minimum Gasteiger partial charge on any atom is -0.330 e. The van der Waals surface area contributed by atoms with E-state index in [4.69, 9.17) is 5.73 Å². The van der Waals surface area contributed by atoms with Gasteiger partial charge in [0.1, 0.15) is 5.78 Å². The van der Waals surface area contributed by atoms with E-state index in [9.17, 15) is 4.79 Å². The van der Waals surface area contributed by atoms with E-state index in [-0.39, 0.29) is 5.78 Å². The molecule has 0 amide bonds. The van der Waals surface area contributed by atoms with Crippen LogP contribution < -0.4 is 5.73 Å². The van der Waals surface area contributed by atoms with Crippen molar-refractivity contribution in [3.8, 4) is 0 Å². The van der Waals surface area contributed by atoms with Gasteiger partial charge in [-0.05, 0) is 48.2 Å². The first-order valence-electron chi connectivity index (χ1n) is 6.89. The van der Waals surface area contributed by atoms with Crippen LogP contribution in [0.5, 0.6) is 0 Å². The lowest BCUT2D eigenvalue weighted by atomic mass is 9.94. The third-order valence-electron chi connectivity index (χ3n) is 3.61. The Morgan fingerprint density at radius 2 is 2.16 bits per heavy atom. The fourth-order valence-corrected chi connectivity index (χ4v) is 2.78. The van der Waals surface area contributed by atoms with Crippen LogP contribution in [-0.4, -0.2) is 22.1 Å². The van der Waals surface area contributed by atoms with E-state index in [2.05, 4.69) is 28.0 Å². The van der Waals surface area contributed by atoms with Gasteiger partial charge in [-0.3, -0.25) is 9.48 Å². The van der Waals surface area contributed by atoms with Gasteiger partial charge in [-0.15, -0.1) is 0 Å². The molecule has 0 aliphatic carbocycles. The lowest BCUT2D eigenvalue weighted by molar-refractivity contribution is -0.118. The normalized spacial score (nSPS) is 12.7. The SMILES string of the molecule is CCC(CCN)CCC(=O)Cc1c(Br)c(C)nn1C. The van der Waals surface area contributed by atoms with Crippen molar-refractivity contribution in [2.45, 2.75) is 46.0 Å². The quantitative estimate of drug-likeness (QED) is 0.797. The number of aryl methyl sites for hydroxylation is 2. The van der Waals surface area contributed by atoms with Crippen LogP contribution in [0.1, 0.15) is 44.0 Å². The smallest absolute Gasteiger partial charge is 0.138 e. The molecule has 4 nitrogen and oxygen atoms in total. The number of carbonyl (C=O) groups is 1. The van der Waals surface area contributed by atoms with Gasteiger partial charge in [-0.25, -0.2) is 0 Å². The lowest BCUT2D eigenvalue weighted by Crippen LogP contribution is -2.12. The predicted octanol–water partition coefficient (Wildman–Crippen LogP) is 2.76. The van der Waals surface area contributed by atoms with Gasteiger partial charge in [0, 0.05) is 19.9 Å². The highest BCUT2D eigenvalue weighted by Crippen LogP contribution is 2.22. The highest BCUT2D eigenvalue weighted by molar-refractivity contribution is 9.10. The van der Waals surface area contributed by atoms with Crippen molar-refractivity contribution in [3.05, 3.63) is 15.9 Å². The first-order chi connectivity index (χ1) is 8.99. The number of nitrogens with zero attached hydrogens (tertiary/aromatic N) is 2. The second kappa shape index (κ2) is 7.80. The highest BCUT2D eigenvalue weighted by Gasteiger charge is 2.15. The third kappa shape index (κ3) is 4.73. The first-order valence-corrected chi connectivity index (χ1v) is 7.68. The second-order valence-corrected chi connectivity index (χ2v) is 5.87. The summed E-state index contributed by atoms with van der Waals surface area (Å²) in [7, 11) is 1.88. The number of nitrogens with two attached hydrogens (primary N) is 1. The summed E-state index contributed by atoms with van der Waals surface area (Å²) in [6, 6.07) is 0. The zero-order valence-corrected chi connectivity index (χ0v) is 13.7. The Balaban J connectivity index is 2.51. The van der Waals surface area contributed by atoms with Crippen molar-refractivity contribution in [1.82, 2.24) is 9.78 Å². The molecule has 1 aromatic heterocycles. The van der Waals surface area contributed by atoms with Gasteiger partial charge < -0.3 is 5.73 Å². The molecule has 0 aliphatic heterocycles. The second-order valence-electron chi connectivity index (χ2n) is 5.08. The number of Topliss-reactive ketones (excluding diaryl/α,β-unsaturated/α-hetero) is 1. The molecule has 108 valence electrons. The average molecular weight is 330 g/mol. The zero-order valence-electron chi connectivity index (χ0n) is 12.1. The molecular formula is C14H24BrN3O. The molecule has 1 rings (SSSR count). The molecule has 0 saturated carbocycles. The monoisotopic (exact) mass is 329 g/mol. The Morgan fingerprint density at radius 3 is 2.63 bits per heavy atom. The van der Waals surface area contributed by atoms with Crippen LogP contribution in [0.15, 0.2) is 4.47 Å². The van der Waals surface area contributed by atoms with Crippen LogP contribution in [0.4, 0.5) is 0 Å². The summed E-state index contributed by atoms with van der Waals surface area (Å²) in [6.45, 7) is 4.80. The number of aromatic nitrogens is 2. The maximum absolute atomic E-state index is 12.1. The van der Waals surface area contributed by atoms with Gasteiger partial charge in [0.05, 0.1) is 15.9 Å². The van der Waals surface area contributed by atoms with Crippen molar-refractivity contribution in [1.29, 1.82) is 0 Å². The third-order valence-corrected chi connectivity index (χ3v) is 4.64. The predicted molar refractivity (Wildman–Crippen MR) is 81.0 cm³/mol. The minimum atomic E-state index is 0.277. The molecule has 0 radical (unpaired) electrons. The average Bonchev–Trinajstić information content (AvgIpc) is 2.61. The summed E-state index contributed by atoms with van der Waals surface area (Å²) in [4.78, 5) is 12.1. The number of rotatable bonds is 8. The number of hydrogen-bond acceptors (Lipinski definition) is 3. The Morgan fingerprint density at radius 1 is 1.47 bits per heavy atom. The van der Waals surface area contributed by atoms with Gasteiger partial charge in [0.15, 0.2) is 0 Å². The molecule has 0 saturated heterocycles. The summed E-state index contributed by atoms with van der Waals surface area (Å²) in [5.41, 5.74) is 7.47. The molecule has 1 unspecified atom stereocenters. The topological polar surface area (TPSA) is 60.9 Å². The van der Waals surface area contributed by atoms with Crippen LogP contribution in [0.25, 0.3) is 0 Å². The molecule has 0 aromatic carbocycles. The van der Waals surface area contributed by atoms with Crippen LogP contribution >= 0.6 is 15.9 Å². The van der Waals surface area contributed by atoms with Gasteiger partial charge in [-0.1, -0.05) is 13.3 Å². The molecular weight excluding hydrogens is 306 g/mol. The van der Waals surface area contributed by atoms with Crippen LogP contribution in [-0.2, 0) is 18.3 Å². The van der Waals surface area contributed by atoms with E-state index in [0.29, 0.717) is 25.3 Å². The molecule has 0 spiro atoms. The summed E-state index contributed by atoms with van der Waals surface area (Å²) in [5.74, 6) is 0.852. The van der Waals surface area contributed by atoms with Crippen molar-refractivity contribution in [2.75, 3.05) is 6.54 Å². The lowest BCUT2D eigenvalue weighted by Gasteiger charge is -2.12. The van der Waals surface area contributed by atoms with E-state index in [0.717, 1.165) is 35.1 Å². The number of ketones is 1. The molecule has 1 heterocycles. The minimum absolute atomic E-state index is 0.277. The fourth-order valence-electron chi connectivity index (χ4n) is 2.30. The molecule has 2 N–H and O–H groups in total. The number of carbonyl (C=O) groups excluding carboxylic acids is 1. The van der Waals surface area contributed by atoms with Crippen LogP contribution in [0.3, 0.4) is 0 Å². The van der Waals surface area contributed by atoms with Crippen molar-refractivity contribution in [2.24, 2.45) is 18.7 Å². The molecule has 0 fully saturated rings. The van der Waals surface area contributed by atoms with Gasteiger partial charge in [0.25, 0.3) is 0 Å². The number of halogens is 1. The van der Waals surface area contributed by atoms with E-state index < -0.39 is 0 Å². The van der Waals surface area contributed by atoms with Crippen LogP contribution in [0, 0.1) is 12.8 Å². The summed E-state index contributed by atoms with van der Waals surface area (Å²) < 4.78 is 2.74. The Kier molecular flexibility index (Phi) is 6.72. The number of hydrogen-bond donors (Lipinski definition) is 1. The van der Waals surface area contributed by atoms with Crippen LogP contribution in [0.2, 0.25) is 0 Å². The Labute approximate surface area is 123 Å². The van der Waals surface area contributed by atoms with E-state index >= 15 is 0 Å². The van der Waals surface area contributed by atoms with Gasteiger partial charge >= 0.3 is 0 Å². The molecule has 1 aromatic rings. The maximum atomic E-state index is 12.1. The molecule has 5 heteroatoms. The standard InChI is InChI=1S/C14H24BrN3O/c1-4-11(7-8-16)5-6-12(19)9-13-14(15)10(2)17-18(13)3/h11H,4-9,16H2,1-3H3. The summed E-state index contributed by atoms with van der Waals surface area (Å²) in [6.07, 6.45) is 4.14. The highest BCUT2D eigenvalue weighted by atomic mass is 79.9. The first kappa shape index (κ1) is 16.4. The molecule has 19 heavy (non-hydrogen) atoms.